The molecule has 2 saturated carbocycles. The molecule has 0 aromatic carbocycles. The SMILES string of the molecule is O=C(CCC1CCCC1)NCC(=O)NC1CCC(C(=O)O)CC1. The Kier molecular flexibility index (Phi) is 6.86. The van der Waals surface area contributed by atoms with E-state index in [1.165, 1.54) is 25.7 Å². The van der Waals surface area contributed by atoms with Crippen LogP contribution in [0.25, 0.3) is 0 Å². The molecule has 3 N–H and O–H groups in total. The highest BCUT2D eigenvalue weighted by Crippen LogP contribution is 2.28. The lowest BCUT2D eigenvalue weighted by Crippen LogP contribution is -2.43. The Balaban J connectivity index is 1.56. The number of hydrogen-bond acceptors (Lipinski definition) is 3. The molecule has 0 spiro atoms. The van der Waals surface area contributed by atoms with E-state index in [1.807, 2.05) is 0 Å². The van der Waals surface area contributed by atoms with Crippen molar-refractivity contribution in [3.63, 3.8) is 0 Å². The van der Waals surface area contributed by atoms with Crippen molar-refractivity contribution < 1.29 is 19.5 Å². The highest BCUT2D eigenvalue weighted by molar-refractivity contribution is 5.84. The predicted molar refractivity (Wildman–Crippen MR) is 85.7 cm³/mol. The first-order valence-electron chi connectivity index (χ1n) is 8.83. The van der Waals surface area contributed by atoms with Crippen molar-refractivity contribution in [2.75, 3.05) is 6.54 Å². The Morgan fingerprint density at radius 1 is 0.913 bits per heavy atom. The molecule has 2 fully saturated rings. The van der Waals surface area contributed by atoms with Crippen molar-refractivity contribution in [1.82, 2.24) is 10.6 Å². The van der Waals surface area contributed by atoms with E-state index in [-0.39, 0.29) is 30.3 Å². The van der Waals surface area contributed by atoms with Crippen molar-refractivity contribution in [2.24, 2.45) is 11.8 Å². The van der Waals surface area contributed by atoms with Gasteiger partial charge in [0.15, 0.2) is 0 Å². The summed E-state index contributed by atoms with van der Waals surface area (Å²) in [5.74, 6) is -0.582. The monoisotopic (exact) mass is 324 g/mol. The summed E-state index contributed by atoms with van der Waals surface area (Å²) in [6, 6.07) is 0.0356. The van der Waals surface area contributed by atoms with E-state index in [4.69, 9.17) is 5.11 Å². The van der Waals surface area contributed by atoms with Gasteiger partial charge in [-0.05, 0) is 38.0 Å². The largest absolute Gasteiger partial charge is 0.481 e. The van der Waals surface area contributed by atoms with Crippen molar-refractivity contribution in [2.45, 2.75) is 70.3 Å². The summed E-state index contributed by atoms with van der Waals surface area (Å²) in [6.07, 6.45) is 9.03. The summed E-state index contributed by atoms with van der Waals surface area (Å²) < 4.78 is 0. The van der Waals surface area contributed by atoms with Gasteiger partial charge in [0.25, 0.3) is 0 Å². The first-order valence-corrected chi connectivity index (χ1v) is 8.83. The quantitative estimate of drug-likeness (QED) is 0.666. The van der Waals surface area contributed by atoms with Crippen molar-refractivity contribution in [3.05, 3.63) is 0 Å². The van der Waals surface area contributed by atoms with Crippen molar-refractivity contribution >= 4 is 17.8 Å². The van der Waals surface area contributed by atoms with Gasteiger partial charge < -0.3 is 15.7 Å². The van der Waals surface area contributed by atoms with Gasteiger partial charge in [-0.2, -0.15) is 0 Å². The standard InChI is InChI=1S/C17H28N2O4/c20-15(10-5-12-3-1-2-4-12)18-11-16(21)19-14-8-6-13(7-9-14)17(22)23/h12-14H,1-11H2,(H,18,20)(H,19,21)(H,22,23). The maximum atomic E-state index is 11.8. The smallest absolute Gasteiger partial charge is 0.306 e. The Hall–Kier alpha value is -1.59. The summed E-state index contributed by atoms with van der Waals surface area (Å²) in [4.78, 5) is 34.5. The molecule has 2 aliphatic carbocycles. The normalized spacial score (nSPS) is 25.0. The van der Waals surface area contributed by atoms with E-state index in [0.717, 1.165) is 6.42 Å². The summed E-state index contributed by atoms with van der Waals surface area (Å²) in [7, 11) is 0. The second kappa shape index (κ2) is 8.89. The van der Waals surface area contributed by atoms with E-state index in [0.29, 0.717) is 38.0 Å². The number of nitrogens with one attached hydrogen (secondary N) is 2. The molecule has 0 atom stereocenters. The molecule has 2 amide bonds. The number of carboxylic acid groups (broad SMARTS) is 1. The highest BCUT2D eigenvalue weighted by Gasteiger charge is 2.26. The Labute approximate surface area is 137 Å². The maximum absolute atomic E-state index is 11.8. The Morgan fingerprint density at radius 3 is 2.17 bits per heavy atom. The lowest BCUT2D eigenvalue weighted by molar-refractivity contribution is -0.142. The maximum Gasteiger partial charge on any atom is 0.306 e. The third kappa shape index (κ3) is 6.20. The van der Waals surface area contributed by atoms with Crippen LogP contribution in [0.4, 0.5) is 0 Å². The van der Waals surface area contributed by atoms with Gasteiger partial charge in [-0.3, -0.25) is 14.4 Å². The van der Waals surface area contributed by atoms with Gasteiger partial charge in [-0.1, -0.05) is 25.7 Å². The average Bonchev–Trinajstić information content (AvgIpc) is 3.05. The van der Waals surface area contributed by atoms with Crippen LogP contribution < -0.4 is 10.6 Å². The molecule has 6 heteroatoms. The van der Waals surface area contributed by atoms with Crippen LogP contribution in [-0.2, 0) is 14.4 Å². The first kappa shape index (κ1) is 17.8. The van der Waals surface area contributed by atoms with Crippen molar-refractivity contribution in [3.8, 4) is 0 Å². The minimum Gasteiger partial charge on any atom is -0.481 e. The molecule has 23 heavy (non-hydrogen) atoms. The first-order chi connectivity index (χ1) is 11.0. The van der Waals surface area contributed by atoms with E-state index < -0.39 is 5.97 Å². The van der Waals surface area contributed by atoms with E-state index in [9.17, 15) is 14.4 Å². The van der Waals surface area contributed by atoms with Crippen LogP contribution in [-0.4, -0.2) is 35.5 Å². The Bertz CT molecular complexity index is 424. The van der Waals surface area contributed by atoms with Gasteiger partial charge in [0, 0.05) is 12.5 Å². The molecule has 2 rings (SSSR count). The van der Waals surface area contributed by atoms with Crippen LogP contribution in [0.15, 0.2) is 0 Å². The van der Waals surface area contributed by atoms with E-state index >= 15 is 0 Å². The number of carbonyl (C=O) groups is 3. The molecule has 6 nitrogen and oxygen atoms in total. The number of rotatable bonds is 7. The summed E-state index contributed by atoms with van der Waals surface area (Å²) >= 11 is 0. The van der Waals surface area contributed by atoms with Crippen LogP contribution in [0, 0.1) is 11.8 Å². The van der Waals surface area contributed by atoms with Gasteiger partial charge in [0.05, 0.1) is 12.5 Å². The third-order valence-corrected chi connectivity index (χ3v) is 5.14. The molecule has 130 valence electrons. The second-order valence-electron chi connectivity index (χ2n) is 6.92. The molecule has 0 bridgehead atoms. The fourth-order valence-electron chi connectivity index (χ4n) is 3.66. The molecule has 0 aromatic heterocycles. The number of aliphatic carboxylic acids is 1. The topological polar surface area (TPSA) is 95.5 Å². The minimum absolute atomic E-state index is 0.0162. The second-order valence-corrected chi connectivity index (χ2v) is 6.92. The zero-order chi connectivity index (χ0) is 16.7. The zero-order valence-corrected chi connectivity index (χ0v) is 13.7. The molecule has 2 aliphatic rings. The summed E-state index contributed by atoms with van der Waals surface area (Å²) in [5, 5.41) is 14.5. The molecular formula is C17H28N2O4. The number of carbonyl (C=O) groups excluding carboxylic acids is 2. The molecular weight excluding hydrogens is 296 g/mol. The third-order valence-electron chi connectivity index (χ3n) is 5.14. The van der Waals surface area contributed by atoms with Crippen LogP contribution in [0.3, 0.4) is 0 Å². The predicted octanol–water partition coefficient (Wildman–Crippen LogP) is 1.83. The fourth-order valence-corrected chi connectivity index (χ4v) is 3.66. The Morgan fingerprint density at radius 2 is 1.57 bits per heavy atom. The fraction of sp³-hybridized carbons (Fsp3) is 0.824. The number of carboxylic acids is 1. The van der Waals surface area contributed by atoms with E-state index in [2.05, 4.69) is 10.6 Å². The van der Waals surface area contributed by atoms with Crippen LogP contribution in [0.1, 0.15) is 64.2 Å². The number of amides is 2. The van der Waals surface area contributed by atoms with Gasteiger partial charge in [-0.15, -0.1) is 0 Å². The lowest BCUT2D eigenvalue weighted by atomic mass is 9.86. The van der Waals surface area contributed by atoms with Gasteiger partial charge in [0.1, 0.15) is 0 Å². The summed E-state index contributed by atoms with van der Waals surface area (Å²) in [6.45, 7) is 0.0162. The van der Waals surface area contributed by atoms with Gasteiger partial charge >= 0.3 is 5.97 Å². The van der Waals surface area contributed by atoms with Crippen LogP contribution in [0.5, 0.6) is 0 Å². The van der Waals surface area contributed by atoms with Crippen LogP contribution >= 0.6 is 0 Å². The van der Waals surface area contributed by atoms with Crippen molar-refractivity contribution in [1.29, 1.82) is 0 Å². The number of hydrogen-bond donors (Lipinski definition) is 3. The molecule has 0 aromatic rings. The summed E-state index contributed by atoms with van der Waals surface area (Å²) in [5.41, 5.74) is 0. The highest BCUT2D eigenvalue weighted by atomic mass is 16.4. The van der Waals surface area contributed by atoms with E-state index in [1.54, 1.807) is 0 Å². The zero-order valence-electron chi connectivity index (χ0n) is 13.7. The molecule has 0 aliphatic heterocycles. The lowest BCUT2D eigenvalue weighted by Gasteiger charge is -2.26. The molecule has 0 saturated heterocycles. The molecule has 0 heterocycles. The molecule has 0 radical (unpaired) electrons. The van der Waals surface area contributed by atoms with Gasteiger partial charge in [0.2, 0.25) is 11.8 Å². The van der Waals surface area contributed by atoms with Gasteiger partial charge in [-0.25, -0.2) is 0 Å². The minimum atomic E-state index is -0.746. The average molecular weight is 324 g/mol. The molecule has 0 unspecified atom stereocenters. The van der Waals surface area contributed by atoms with Crippen LogP contribution in [0.2, 0.25) is 0 Å².